The molecule has 2 aromatic rings. The zero-order valence-corrected chi connectivity index (χ0v) is 21.2. The number of aromatic carboxylic acids is 1. The van der Waals surface area contributed by atoms with Gasteiger partial charge in [-0.3, -0.25) is 4.90 Å². The smallest absolute Gasteiger partial charge is 0.335 e. The first kappa shape index (κ1) is 25.6. The Balaban J connectivity index is 1.87. The van der Waals surface area contributed by atoms with E-state index in [1.165, 1.54) is 10.4 Å². The number of benzene rings is 2. The Morgan fingerprint density at radius 3 is 2.55 bits per heavy atom. The van der Waals surface area contributed by atoms with E-state index in [4.69, 9.17) is 9.84 Å². The second kappa shape index (κ2) is 10.5. The van der Waals surface area contributed by atoms with Gasteiger partial charge in [-0.1, -0.05) is 35.0 Å². The highest BCUT2D eigenvalue weighted by Crippen LogP contribution is 2.35. The summed E-state index contributed by atoms with van der Waals surface area (Å²) in [5.74, 6) is -0.846. The van der Waals surface area contributed by atoms with Crippen LogP contribution in [-0.4, -0.2) is 72.7 Å². The molecule has 0 spiro atoms. The fraction of sp³-hybridized carbons (Fsp3) is 0.435. The zero-order chi connectivity index (χ0) is 24.3. The van der Waals surface area contributed by atoms with Crippen molar-refractivity contribution in [2.24, 2.45) is 5.92 Å². The second-order valence-corrected chi connectivity index (χ2v) is 11.3. The van der Waals surface area contributed by atoms with Crippen molar-refractivity contribution in [2.45, 2.75) is 37.4 Å². The lowest BCUT2D eigenvalue weighted by Crippen LogP contribution is -2.49. The number of ether oxygens (including phenoxy) is 1. The van der Waals surface area contributed by atoms with Crippen LogP contribution in [0, 0.1) is 5.92 Å². The number of hydrogen-bond donors (Lipinski definition) is 2. The van der Waals surface area contributed by atoms with Gasteiger partial charge in [-0.25, -0.2) is 13.2 Å². The highest BCUT2D eigenvalue weighted by atomic mass is 79.9. The standard InChI is InChI=1S/C23H29BrN2O6S/c1-15-11-26(16(2)14-27)33(30,31)22-9-8-19(24)10-20(22)32-21(15)13-25(3)12-17-4-6-18(7-5-17)23(28)29/h4-10,15-16,21,27H,11-14H2,1-3H3,(H,28,29)/t15-,16-,21-/m1/s1. The molecule has 0 unspecified atom stereocenters. The van der Waals surface area contributed by atoms with Crippen LogP contribution >= 0.6 is 15.9 Å². The van der Waals surface area contributed by atoms with Gasteiger partial charge < -0.3 is 14.9 Å². The number of fused-ring (bicyclic) bond motifs is 1. The molecule has 3 rings (SSSR count). The maximum atomic E-state index is 13.3. The van der Waals surface area contributed by atoms with Gasteiger partial charge in [0.05, 0.1) is 12.2 Å². The maximum absolute atomic E-state index is 13.3. The summed E-state index contributed by atoms with van der Waals surface area (Å²) in [5.41, 5.74) is 1.20. The number of aliphatic hydroxyl groups excluding tert-OH is 1. The molecule has 0 saturated carbocycles. The summed E-state index contributed by atoms with van der Waals surface area (Å²) in [6.07, 6.45) is -0.315. The van der Waals surface area contributed by atoms with Gasteiger partial charge in [0.25, 0.3) is 0 Å². The number of hydrogen-bond acceptors (Lipinski definition) is 6. The Hall–Kier alpha value is -1.98. The van der Waals surface area contributed by atoms with Crippen molar-refractivity contribution in [1.29, 1.82) is 0 Å². The van der Waals surface area contributed by atoms with Crippen LogP contribution in [0.25, 0.3) is 0 Å². The van der Waals surface area contributed by atoms with Crippen LogP contribution in [0.4, 0.5) is 0 Å². The van der Waals surface area contributed by atoms with Gasteiger partial charge in [0.15, 0.2) is 0 Å². The van der Waals surface area contributed by atoms with Crippen molar-refractivity contribution >= 4 is 31.9 Å². The van der Waals surface area contributed by atoms with E-state index in [2.05, 4.69) is 20.8 Å². The van der Waals surface area contributed by atoms with E-state index in [1.54, 1.807) is 43.3 Å². The van der Waals surface area contributed by atoms with E-state index in [0.717, 1.165) is 5.56 Å². The topological polar surface area (TPSA) is 107 Å². The Labute approximate surface area is 203 Å². The van der Waals surface area contributed by atoms with Gasteiger partial charge in [0.1, 0.15) is 16.7 Å². The number of carboxylic acid groups (broad SMARTS) is 1. The predicted octanol–water partition coefficient (Wildman–Crippen LogP) is 3.05. The second-order valence-electron chi connectivity index (χ2n) is 8.53. The lowest BCUT2D eigenvalue weighted by molar-refractivity contribution is 0.0697. The van der Waals surface area contributed by atoms with Crippen molar-refractivity contribution < 1.29 is 28.2 Å². The zero-order valence-electron chi connectivity index (χ0n) is 18.8. The van der Waals surface area contributed by atoms with E-state index in [0.29, 0.717) is 17.6 Å². The van der Waals surface area contributed by atoms with E-state index in [1.807, 2.05) is 14.0 Å². The van der Waals surface area contributed by atoms with Gasteiger partial charge in [-0.2, -0.15) is 4.31 Å². The lowest BCUT2D eigenvalue weighted by atomic mass is 10.0. The van der Waals surface area contributed by atoms with Crippen molar-refractivity contribution in [1.82, 2.24) is 9.21 Å². The summed E-state index contributed by atoms with van der Waals surface area (Å²) in [7, 11) is -1.91. The maximum Gasteiger partial charge on any atom is 0.335 e. The number of likely N-dealkylation sites (N-methyl/N-ethyl adjacent to an activating group) is 1. The average Bonchev–Trinajstić information content (AvgIpc) is 2.75. The molecule has 0 amide bonds. The molecule has 0 saturated heterocycles. The highest BCUT2D eigenvalue weighted by Gasteiger charge is 2.38. The predicted molar refractivity (Wildman–Crippen MR) is 128 cm³/mol. The van der Waals surface area contributed by atoms with Gasteiger partial charge in [0, 0.05) is 36.1 Å². The molecule has 10 heteroatoms. The fourth-order valence-electron chi connectivity index (χ4n) is 3.85. The third kappa shape index (κ3) is 5.93. The molecule has 1 aliphatic heterocycles. The SMILES string of the molecule is C[C@@H]1CN([C@H](C)CO)S(=O)(=O)c2ccc(Br)cc2O[C@@H]1CN(C)Cc1ccc(C(=O)O)cc1. The molecule has 2 N–H and O–H groups in total. The largest absolute Gasteiger partial charge is 0.487 e. The van der Waals surface area contributed by atoms with Gasteiger partial charge in [-0.05, 0) is 49.9 Å². The monoisotopic (exact) mass is 540 g/mol. The molecule has 0 bridgehead atoms. The number of halogens is 1. The number of aliphatic hydroxyl groups is 1. The van der Waals surface area contributed by atoms with Crippen LogP contribution < -0.4 is 4.74 Å². The average molecular weight is 541 g/mol. The van der Waals surface area contributed by atoms with Gasteiger partial charge >= 0.3 is 5.97 Å². The molecule has 1 aliphatic rings. The molecule has 8 nitrogen and oxygen atoms in total. The van der Waals surface area contributed by atoms with E-state index >= 15 is 0 Å². The molecule has 0 aromatic heterocycles. The summed E-state index contributed by atoms with van der Waals surface area (Å²) in [4.78, 5) is 13.2. The number of rotatable bonds is 7. The Bertz CT molecular complexity index is 1090. The van der Waals surface area contributed by atoms with Crippen molar-refractivity contribution in [3.8, 4) is 5.75 Å². The molecular formula is C23H29BrN2O6S. The minimum absolute atomic E-state index is 0.0785. The minimum Gasteiger partial charge on any atom is -0.487 e. The van der Waals surface area contributed by atoms with Crippen LogP contribution in [-0.2, 0) is 16.6 Å². The Morgan fingerprint density at radius 1 is 1.27 bits per heavy atom. The minimum atomic E-state index is -3.85. The summed E-state index contributed by atoms with van der Waals surface area (Å²) in [6.45, 7) is 4.66. The fourth-order valence-corrected chi connectivity index (χ4v) is 6.02. The summed E-state index contributed by atoms with van der Waals surface area (Å²) in [6, 6.07) is 11.0. The first-order chi connectivity index (χ1) is 15.5. The van der Waals surface area contributed by atoms with E-state index in [9.17, 15) is 18.3 Å². The van der Waals surface area contributed by atoms with Crippen molar-refractivity contribution in [2.75, 3.05) is 26.7 Å². The summed E-state index contributed by atoms with van der Waals surface area (Å²) in [5, 5.41) is 18.8. The Kier molecular flexibility index (Phi) is 8.17. The molecule has 180 valence electrons. The van der Waals surface area contributed by atoms with Crippen LogP contribution in [0.1, 0.15) is 29.8 Å². The number of nitrogens with zero attached hydrogens (tertiary/aromatic N) is 2. The number of sulfonamides is 1. The third-order valence-electron chi connectivity index (χ3n) is 5.77. The van der Waals surface area contributed by atoms with Crippen molar-refractivity contribution in [3.05, 3.63) is 58.1 Å². The molecule has 33 heavy (non-hydrogen) atoms. The van der Waals surface area contributed by atoms with Gasteiger partial charge in [0.2, 0.25) is 10.0 Å². The molecule has 0 radical (unpaired) electrons. The van der Waals surface area contributed by atoms with Crippen LogP contribution in [0.15, 0.2) is 51.8 Å². The molecular weight excluding hydrogens is 512 g/mol. The first-order valence-electron chi connectivity index (χ1n) is 10.6. The van der Waals surface area contributed by atoms with Crippen LogP contribution in [0.2, 0.25) is 0 Å². The van der Waals surface area contributed by atoms with Gasteiger partial charge in [-0.15, -0.1) is 0 Å². The molecule has 1 heterocycles. The van der Waals surface area contributed by atoms with Crippen LogP contribution in [0.5, 0.6) is 5.75 Å². The molecule has 2 aromatic carbocycles. The molecule has 3 atom stereocenters. The first-order valence-corrected chi connectivity index (χ1v) is 12.9. The van der Waals surface area contributed by atoms with E-state index < -0.39 is 22.0 Å². The normalized spacial score (nSPS) is 21.5. The summed E-state index contributed by atoms with van der Waals surface area (Å²) < 4.78 is 35.0. The highest BCUT2D eigenvalue weighted by molar-refractivity contribution is 9.10. The number of carboxylic acids is 1. The van der Waals surface area contributed by atoms with E-state index in [-0.39, 0.29) is 41.4 Å². The van der Waals surface area contributed by atoms with Crippen molar-refractivity contribution in [3.63, 3.8) is 0 Å². The number of carbonyl (C=O) groups is 1. The lowest BCUT2D eigenvalue weighted by Gasteiger charge is -2.37. The third-order valence-corrected chi connectivity index (χ3v) is 8.29. The molecule has 0 fully saturated rings. The quantitative estimate of drug-likeness (QED) is 0.555. The Morgan fingerprint density at radius 2 is 1.94 bits per heavy atom. The molecule has 0 aliphatic carbocycles. The summed E-state index contributed by atoms with van der Waals surface area (Å²) >= 11 is 3.40. The van der Waals surface area contributed by atoms with Crippen LogP contribution in [0.3, 0.4) is 0 Å².